The highest BCUT2D eigenvalue weighted by atomic mass is 35.5. The minimum Gasteiger partial charge on any atom is -0.496 e. The lowest BCUT2D eigenvalue weighted by Gasteiger charge is -2.14. The number of carbonyl (C=O) groups is 3. The first-order chi connectivity index (χ1) is 10.4. The van der Waals surface area contributed by atoms with Crippen LogP contribution >= 0.6 is 11.6 Å². The zero-order valence-corrected chi connectivity index (χ0v) is 13.2. The Kier molecular flexibility index (Phi) is 6.65. The minimum absolute atomic E-state index is 0.0904. The van der Waals surface area contributed by atoms with Crippen LogP contribution < -0.4 is 15.4 Å². The number of imide groups is 1. The molecular formula is C14H17ClN2O5. The van der Waals surface area contributed by atoms with Crippen LogP contribution in [0.4, 0.5) is 4.79 Å². The van der Waals surface area contributed by atoms with E-state index in [1.54, 1.807) is 13.0 Å². The summed E-state index contributed by atoms with van der Waals surface area (Å²) in [5.74, 6) is -1.25. The number of methoxy groups -OCH3 is 1. The number of esters is 1. The van der Waals surface area contributed by atoms with E-state index in [0.29, 0.717) is 11.6 Å². The maximum absolute atomic E-state index is 12.1. The van der Waals surface area contributed by atoms with Crippen molar-refractivity contribution in [3.05, 3.63) is 28.8 Å². The molecule has 7 nitrogen and oxygen atoms in total. The molecule has 0 spiro atoms. The van der Waals surface area contributed by atoms with Gasteiger partial charge in [-0.05, 0) is 32.0 Å². The number of ether oxygens (including phenoxy) is 2. The monoisotopic (exact) mass is 328 g/mol. The molecule has 0 fully saturated rings. The maximum atomic E-state index is 12.1. The van der Waals surface area contributed by atoms with Crippen molar-refractivity contribution in [3.63, 3.8) is 0 Å². The lowest BCUT2D eigenvalue weighted by atomic mass is 10.2. The van der Waals surface area contributed by atoms with E-state index in [4.69, 9.17) is 21.1 Å². The van der Waals surface area contributed by atoms with E-state index in [-0.39, 0.29) is 11.3 Å². The molecule has 2 N–H and O–H groups in total. The van der Waals surface area contributed by atoms with Crippen LogP contribution in [0.15, 0.2) is 18.2 Å². The van der Waals surface area contributed by atoms with E-state index in [1.165, 1.54) is 26.2 Å². The van der Waals surface area contributed by atoms with Crippen LogP contribution in [-0.2, 0) is 9.53 Å². The van der Waals surface area contributed by atoms with Gasteiger partial charge in [-0.2, -0.15) is 0 Å². The highest BCUT2D eigenvalue weighted by Crippen LogP contribution is 2.23. The Morgan fingerprint density at radius 2 is 2.00 bits per heavy atom. The van der Waals surface area contributed by atoms with Crippen LogP contribution in [0.25, 0.3) is 0 Å². The predicted octanol–water partition coefficient (Wildman–Crippen LogP) is 1.74. The van der Waals surface area contributed by atoms with Crippen molar-refractivity contribution >= 4 is 29.5 Å². The quantitative estimate of drug-likeness (QED) is 0.803. The van der Waals surface area contributed by atoms with Gasteiger partial charge in [0.25, 0.3) is 5.91 Å². The van der Waals surface area contributed by atoms with Crippen molar-refractivity contribution in [1.82, 2.24) is 10.6 Å². The predicted molar refractivity (Wildman–Crippen MR) is 80.1 cm³/mol. The number of halogens is 1. The molecular weight excluding hydrogens is 312 g/mol. The lowest BCUT2D eigenvalue weighted by Crippen LogP contribution is -2.44. The van der Waals surface area contributed by atoms with Gasteiger partial charge in [0, 0.05) is 11.6 Å². The number of nitrogens with one attached hydrogen (secondary N) is 2. The van der Waals surface area contributed by atoms with Gasteiger partial charge in [-0.3, -0.25) is 10.1 Å². The molecule has 0 radical (unpaired) electrons. The second-order valence-electron chi connectivity index (χ2n) is 4.24. The van der Waals surface area contributed by atoms with Crippen molar-refractivity contribution in [2.24, 2.45) is 0 Å². The molecule has 1 aromatic carbocycles. The van der Waals surface area contributed by atoms with Gasteiger partial charge < -0.3 is 14.8 Å². The molecule has 1 aromatic rings. The molecule has 0 aliphatic carbocycles. The zero-order chi connectivity index (χ0) is 16.7. The Hall–Kier alpha value is -2.28. The van der Waals surface area contributed by atoms with Gasteiger partial charge in [0.2, 0.25) is 0 Å². The smallest absolute Gasteiger partial charge is 0.342 e. The number of amides is 3. The summed E-state index contributed by atoms with van der Waals surface area (Å²) < 4.78 is 10.0. The van der Waals surface area contributed by atoms with E-state index in [0.717, 1.165) is 0 Å². The molecule has 0 unspecified atom stereocenters. The van der Waals surface area contributed by atoms with Gasteiger partial charge in [0.05, 0.1) is 7.11 Å². The fourth-order valence-corrected chi connectivity index (χ4v) is 1.71. The Morgan fingerprint density at radius 1 is 1.32 bits per heavy atom. The zero-order valence-electron chi connectivity index (χ0n) is 12.4. The highest BCUT2D eigenvalue weighted by Gasteiger charge is 2.22. The number of benzene rings is 1. The van der Waals surface area contributed by atoms with E-state index < -0.39 is 24.0 Å². The second kappa shape index (κ2) is 8.23. The fraction of sp³-hybridized carbons (Fsp3) is 0.357. The molecule has 0 saturated carbocycles. The number of hydrogen-bond acceptors (Lipinski definition) is 5. The topological polar surface area (TPSA) is 93.7 Å². The Bertz CT molecular complexity index is 576. The summed E-state index contributed by atoms with van der Waals surface area (Å²) in [5, 5.41) is 4.77. The maximum Gasteiger partial charge on any atom is 0.342 e. The third-order valence-electron chi connectivity index (χ3n) is 2.61. The van der Waals surface area contributed by atoms with Crippen molar-refractivity contribution in [2.75, 3.05) is 13.7 Å². The Balaban J connectivity index is 2.73. The van der Waals surface area contributed by atoms with E-state index in [9.17, 15) is 14.4 Å². The van der Waals surface area contributed by atoms with Gasteiger partial charge >= 0.3 is 12.0 Å². The summed E-state index contributed by atoms with van der Waals surface area (Å²) in [5.41, 5.74) is 0.0904. The first kappa shape index (κ1) is 17.8. The first-order valence-electron chi connectivity index (χ1n) is 6.52. The van der Waals surface area contributed by atoms with Crippen molar-refractivity contribution in [1.29, 1.82) is 0 Å². The van der Waals surface area contributed by atoms with Crippen LogP contribution in [-0.4, -0.2) is 37.7 Å². The number of hydrogen-bond donors (Lipinski definition) is 2. The van der Waals surface area contributed by atoms with Crippen molar-refractivity contribution in [3.8, 4) is 5.75 Å². The van der Waals surface area contributed by atoms with E-state index >= 15 is 0 Å². The summed E-state index contributed by atoms with van der Waals surface area (Å²) in [6.07, 6.45) is -1.15. The number of carbonyl (C=O) groups excluding carboxylic acids is 3. The normalized spacial score (nSPS) is 11.3. The summed E-state index contributed by atoms with van der Waals surface area (Å²) in [7, 11) is 1.39. The van der Waals surface area contributed by atoms with Gasteiger partial charge in [-0.1, -0.05) is 11.6 Å². The molecule has 1 atom stereocenters. The summed E-state index contributed by atoms with van der Waals surface area (Å²) >= 11 is 5.83. The molecule has 22 heavy (non-hydrogen) atoms. The molecule has 120 valence electrons. The molecule has 0 bridgehead atoms. The number of urea groups is 1. The molecule has 8 heteroatoms. The van der Waals surface area contributed by atoms with Crippen LogP contribution in [0.5, 0.6) is 5.75 Å². The summed E-state index contributed by atoms with van der Waals surface area (Å²) in [6.45, 7) is 3.43. The molecule has 0 saturated heterocycles. The fourth-order valence-electron chi connectivity index (χ4n) is 1.54. The van der Waals surface area contributed by atoms with Crippen LogP contribution in [0.2, 0.25) is 5.02 Å². The molecule has 0 aliphatic heterocycles. The molecule has 0 aromatic heterocycles. The van der Waals surface area contributed by atoms with Crippen molar-refractivity contribution in [2.45, 2.75) is 20.0 Å². The average Bonchev–Trinajstić information content (AvgIpc) is 2.47. The molecule has 1 rings (SSSR count). The first-order valence-corrected chi connectivity index (χ1v) is 6.90. The molecule has 0 heterocycles. The standard InChI is InChI=1S/C14H17ClN2O5/c1-4-16-14(20)17-12(18)8(2)22-13(19)10-7-9(15)5-6-11(10)21-3/h5-8H,4H2,1-3H3,(H2,16,17,18,20)/t8-/m0/s1. The molecule has 3 amide bonds. The van der Waals surface area contributed by atoms with Crippen molar-refractivity contribution < 1.29 is 23.9 Å². The van der Waals surface area contributed by atoms with Gasteiger partial charge in [-0.15, -0.1) is 0 Å². The Labute approximate surface area is 132 Å². The van der Waals surface area contributed by atoms with E-state index in [2.05, 4.69) is 10.6 Å². The van der Waals surface area contributed by atoms with E-state index in [1.807, 2.05) is 0 Å². The summed E-state index contributed by atoms with van der Waals surface area (Å²) in [4.78, 5) is 35.0. The largest absolute Gasteiger partial charge is 0.496 e. The lowest BCUT2D eigenvalue weighted by molar-refractivity contribution is -0.127. The van der Waals surface area contributed by atoms with Gasteiger partial charge in [0.15, 0.2) is 6.10 Å². The third kappa shape index (κ3) is 4.92. The second-order valence-corrected chi connectivity index (χ2v) is 4.68. The Morgan fingerprint density at radius 3 is 2.59 bits per heavy atom. The van der Waals surface area contributed by atoms with Crippen LogP contribution in [0, 0.1) is 0 Å². The molecule has 0 aliphatic rings. The number of rotatable bonds is 5. The van der Waals surface area contributed by atoms with Gasteiger partial charge in [0.1, 0.15) is 11.3 Å². The van der Waals surface area contributed by atoms with Crippen LogP contribution in [0.3, 0.4) is 0 Å². The minimum atomic E-state index is -1.15. The van der Waals surface area contributed by atoms with Crippen LogP contribution in [0.1, 0.15) is 24.2 Å². The summed E-state index contributed by atoms with van der Waals surface area (Å²) in [6, 6.07) is 3.79. The third-order valence-corrected chi connectivity index (χ3v) is 2.84. The SMILES string of the molecule is CCNC(=O)NC(=O)[C@H](C)OC(=O)c1cc(Cl)ccc1OC. The highest BCUT2D eigenvalue weighted by molar-refractivity contribution is 6.31. The average molecular weight is 329 g/mol. The van der Waals surface area contributed by atoms with Gasteiger partial charge in [-0.25, -0.2) is 9.59 Å².